The summed E-state index contributed by atoms with van der Waals surface area (Å²) in [5, 5.41) is 4.36. The zero-order valence-electron chi connectivity index (χ0n) is 11.0. The first-order valence-corrected chi connectivity index (χ1v) is 7.91. The van der Waals surface area contributed by atoms with Crippen LogP contribution in [0.1, 0.15) is 29.0 Å². The number of thiophene rings is 1. The average molecular weight is 314 g/mol. The molecule has 0 saturated heterocycles. The van der Waals surface area contributed by atoms with Crippen LogP contribution in [-0.2, 0) is 6.42 Å². The second-order valence-electron chi connectivity index (χ2n) is 4.50. The molecule has 0 saturated carbocycles. The molecular formula is C15H17Cl2NS. The molecule has 0 radical (unpaired) electrons. The largest absolute Gasteiger partial charge is 0.310 e. The van der Waals surface area contributed by atoms with Gasteiger partial charge in [0.05, 0.1) is 4.34 Å². The maximum atomic E-state index is 6.43. The molecule has 102 valence electrons. The summed E-state index contributed by atoms with van der Waals surface area (Å²) in [6.07, 6.45) is 0.911. The van der Waals surface area contributed by atoms with Gasteiger partial charge < -0.3 is 5.32 Å². The van der Waals surface area contributed by atoms with Crippen LogP contribution in [0.4, 0.5) is 0 Å². The molecule has 0 aliphatic heterocycles. The number of likely N-dealkylation sites (N-methyl/N-ethyl adjacent to an activating group) is 1. The van der Waals surface area contributed by atoms with Gasteiger partial charge in [0.2, 0.25) is 0 Å². The molecular weight excluding hydrogens is 297 g/mol. The summed E-state index contributed by atoms with van der Waals surface area (Å²) in [6.45, 7) is 5.06. The fourth-order valence-corrected chi connectivity index (χ4v) is 3.53. The Kier molecular flexibility index (Phi) is 5.28. The van der Waals surface area contributed by atoms with E-state index in [2.05, 4.69) is 30.4 Å². The molecule has 1 aromatic heterocycles. The van der Waals surface area contributed by atoms with E-state index in [9.17, 15) is 0 Å². The zero-order chi connectivity index (χ0) is 13.8. The summed E-state index contributed by atoms with van der Waals surface area (Å²) >= 11 is 14.1. The van der Waals surface area contributed by atoms with E-state index in [1.165, 1.54) is 4.88 Å². The maximum absolute atomic E-state index is 6.43. The highest BCUT2D eigenvalue weighted by atomic mass is 35.5. The van der Waals surface area contributed by atoms with Gasteiger partial charge in [0.25, 0.3) is 0 Å². The van der Waals surface area contributed by atoms with Gasteiger partial charge in [-0.25, -0.2) is 0 Å². The lowest BCUT2D eigenvalue weighted by molar-refractivity contribution is 0.553. The Hall–Kier alpha value is -0.540. The molecule has 1 N–H and O–H groups in total. The van der Waals surface area contributed by atoms with E-state index >= 15 is 0 Å². The summed E-state index contributed by atoms with van der Waals surface area (Å²) in [4.78, 5) is 1.27. The fraction of sp³-hybridized carbons (Fsp3) is 0.333. The van der Waals surface area contributed by atoms with Crippen molar-refractivity contribution in [1.82, 2.24) is 5.32 Å². The summed E-state index contributed by atoms with van der Waals surface area (Å²) < 4.78 is 0.834. The molecule has 0 spiro atoms. The first-order chi connectivity index (χ1) is 9.11. The summed E-state index contributed by atoms with van der Waals surface area (Å²) in [5.41, 5.74) is 2.28. The number of halogens is 2. The molecule has 0 amide bonds. The number of benzene rings is 1. The van der Waals surface area contributed by atoms with Crippen molar-refractivity contribution in [3.63, 3.8) is 0 Å². The van der Waals surface area contributed by atoms with Crippen molar-refractivity contribution >= 4 is 34.5 Å². The lowest BCUT2D eigenvalue weighted by Crippen LogP contribution is -2.23. The van der Waals surface area contributed by atoms with E-state index in [0.717, 1.165) is 33.5 Å². The number of rotatable bonds is 5. The zero-order valence-corrected chi connectivity index (χ0v) is 13.4. The van der Waals surface area contributed by atoms with E-state index in [-0.39, 0.29) is 6.04 Å². The highest BCUT2D eigenvalue weighted by Gasteiger charge is 2.16. The van der Waals surface area contributed by atoms with Crippen LogP contribution >= 0.6 is 34.5 Å². The Labute approximate surface area is 128 Å². The van der Waals surface area contributed by atoms with Gasteiger partial charge in [-0.05, 0) is 36.7 Å². The van der Waals surface area contributed by atoms with Crippen molar-refractivity contribution in [3.8, 4) is 0 Å². The number of aryl methyl sites for hydroxylation is 1. The van der Waals surface area contributed by atoms with Gasteiger partial charge in [-0.15, -0.1) is 11.3 Å². The average Bonchev–Trinajstić information content (AvgIpc) is 2.78. The van der Waals surface area contributed by atoms with Gasteiger partial charge in [0, 0.05) is 22.4 Å². The van der Waals surface area contributed by atoms with Gasteiger partial charge in [0.1, 0.15) is 0 Å². The minimum Gasteiger partial charge on any atom is -0.310 e. The molecule has 0 aliphatic rings. The van der Waals surface area contributed by atoms with Crippen LogP contribution < -0.4 is 5.32 Å². The van der Waals surface area contributed by atoms with Crippen LogP contribution in [-0.4, -0.2) is 6.54 Å². The second-order valence-corrected chi connectivity index (χ2v) is 6.68. The highest BCUT2D eigenvalue weighted by Crippen LogP contribution is 2.31. The quantitative estimate of drug-likeness (QED) is 0.794. The third kappa shape index (κ3) is 3.73. The standard InChI is InChI=1S/C15H17Cl2NS/c1-3-18-13(9-11-7-8-14(16)19-11)12-6-4-5-10(2)15(12)17/h4-8,13,18H,3,9H2,1-2H3. The number of hydrogen-bond donors (Lipinski definition) is 1. The number of nitrogens with one attached hydrogen (secondary N) is 1. The third-order valence-electron chi connectivity index (χ3n) is 3.08. The Morgan fingerprint density at radius 2 is 2.00 bits per heavy atom. The summed E-state index contributed by atoms with van der Waals surface area (Å²) in [6, 6.07) is 10.5. The van der Waals surface area contributed by atoms with Crippen molar-refractivity contribution < 1.29 is 0 Å². The fourth-order valence-electron chi connectivity index (χ4n) is 2.14. The lowest BCUT2D eigenvalue weighted by atomic mass is 10.0. The van der Waals surface area contributed by atoms with Crippen LogP contribution in [0.5, 0.6) is 0 Å². The molecule has 2 rings (SSSR count). The van der Waals surface area contributed by atoms with Gasteiger partial charge in [-0.3, -0.25) is 0 Å². The molecule has 1 unspecified atom stereocenters. The molecule has 1 heterocycles. The molecule has 2 aromatic rings. The van der Waals surface area contributed by atoms with E-state index < -0.39 is 0 Å². The predicted octanol–water partition coefficient (Wildman–Crippen LogP) is 5.26. The van der Waals surface area contributed by atoms with Crippen LogP contribution in [0.2, 0.25) is 9.36 Å². The second kappa shape index (κ2) is 6.76. The monoisotopic (exact) mass is 313 g/mol. The molecule has 0 bridgehead atoms. The summed E-state index contributed by atoms with van der Waals surface area (Å²) in [7, 11) is 0. The normalized spacial score (nSPS) is 12.6. The predicted molar refractivity (Wildman–Crippen MR) is 85.6 cm³/mol. The third-order valence-corrected chi connectivity index (χ3v) is 4.85. The molecule has 4 heteroatoms. The van der Waals surface area contributed by atoms with Crippen molar-refractivity contribution in [2.45, 2.75) is 26.3 Å². The van der Waals surface area contributed by atoms with Gasteiger partial charge in [-0.1, -0.05) is 48.3 Å². The molecule has 0 aliphatic carbocycles. The highest BCUT2D eigenvalue weighted by molar-refractivity contribution is 7.16. The molecule has 1 nitrogen and oxygen atoms in total. The van der Waals surface area contributed by atoms with Gasteiger partial charge in [-0.2, -0.15) is 0 Å². The molecule has 19 heavy (non-hydrogen) atoms. The Morgan fingerprint density at radius 1 is 1.21 bits per heavy atom. The van der Waals surface area contributed by atoms with E-state index in [1.807, 2.05) is 19.1 Å². The van der Waals surface area contributed by atoms with Crippen molar-refractivity contribution in [1.29, 1.82) is 0 Å². The minimum absolute atomic E-state index is 0.229. The van der Waals surface area contributed by atoms with E-state index in [0.29, 0.717) is 0 Å². The first kappa shape index (κ1) is 14.9. The molecule has 0 fully saturated rings. The minimum atomic E-state index is 0.229. The van der Waals surface area contributed by atoms with Crippen LogP contribution in [0.15, 0.2) is 30.3 Å². The first-order valence-electron chi connectivity index (χ1n) is 6.34. The van der Waals surface area contributed by atoms with Crippen molar-refractivity contribution in [3.05, 3.63) is 55.7 Å². The van der Waals surface area contributed by atoms with Gasteiger partial charge in [0.15, 0.2) is 0 Å². The SMILES string of the molecule is CCNC(Cc1ccc(Cl)s1)c1cccc(C)c1Cl. The Bertz CT molecular complexity index is 551. The summed E-state index contributed by atoms with van der Waals surface area (Å²) in [5.74, 6) is 0. The van der Waals surface area contributed by atoms with Crippen molar-refractivity contribution in [2.24, 2.45) is 0 Å². The van der Waals surface area contributed by atoms with Crippen molar-refractivity contribution in [2.75, 3.05) is 6.54 Å². The Morgan fingerprint density at radius 3 is 2.63 bits per heavy atom. The van der Waals surface area contributed by atoms with Crippen LogP contribution in [0, 0.1) is 6.92 Å². The van der Waals surface area contributed by atoms with E-state index in [1.54, 1.807) is 11.3 Å². The smallest absolute Gasteiger partial charge is 0.0931 e. The maximum Gasteiger partial charge on any atom is 0.0931 e. The molecule has 1 atom stereocenters. The van der Waals surface area contributed by atoms with Crippen LogP contribution in [0.25, 0.3) is 0 Å². The topological polar surface area (TPSA) is 12.0 Å². The Balaban J connectivity index is 2.26. The van der Waals surface area contributed by atoms with Gasteiger partial charge >= 0.3 is 0 Å². The molecule has 1 aromatic carbocycles. The van der Waals surface area contributed by atoms with E-state index in [4.69, 9.17) is 23.2 Å². The lowest BCUT2D eigenvalue weighted by Gasteiger charge is -2.20. The van der Waals surface area contributed by atoms with Crippen LogP contribution in [0.3, 0.4) is 0 Å². The number of hydrogen-bond acceptors (Lipinski definition) is 2.